The third kappa shape index (κ3) is 4.07. The van der Waals surface area contributed by atoms with E-state index in [0.717, 1.165) is 6.54 Å². The Hall–Kier alpha value is -1.35. The molecule has 0 atom stereocenters. The normalized spacial score (nSPS) is 19.1. The Bertz CT molecular complexity index is 464. The van der Waals surface area contributed by atoms with E-state index in [1.807, 2.05) is 6.92 Å². The summed E-state index contributed by atoms with van der Waals surface area (Å²) in [6.07, 6.45) is 6.77. The molecule has 21 heavy (non-hydrogen) atoms. The summed E-state index contributed by atoms with van der Waals surface area (Å²) in [6, 6.07) is 9.12. The number of hydrogen-bond acceptors (Lipinski definition) is 2. The molecule has 1 aliphatic heterocycles. The highest BCUT2D eigenvalue weighted by Gasteiger charge is 2.36. The molecule has 3 rings (SSSR count). The van der Waals surface area contributed by atoms with Crippen molar-refractivity contribution in [2.45, 2.75) is 51.4 Å². The monoisotopic (exact) mass is 288 g/mol. The number of fused-ring (bicyclic) bond motifs is 2. The van der Waals surface area contributed by atoms with E-state index in [-0.39, 0.29) is 5.91 Å². The van der Waals surface area contributed by atoms with Gasteiger partial charge in [0.1, 0.15) is 0 Å². The van der Waals surface area contributed by atoms with Gasteiger partial charge in [-0.15, -0.1) is 0 Å². The minimum Gasteiger partial charge on any atom is -0.357 e. The first-order valence-corrected chi connectivity index (χ1v) is 8.21. The standard InChI is InChI=1S/C14H19N.C4H9NO/c1-2-6-13-12(4-1)5-3-7-14(13)8-10-15-11-9-14;1-3-5-4(2)6/h1-2,4,6,15H,3,5,7-11H2;3H2,1-2H3,(H,5,6). The molecule has 2 N–H and O–H groups in total. The van der Waals surface area contributed by atoms with Gasteiger partial charge in [-0.25, -0.2) is 0 Å². The second-order valence-corrected chi connectivity index (χ2v) is 6.13. The molecule has 1 fully saturated rings. The van der Waals surface area contributed by atoms with Crippen LogP contribution in [0.2, 0.25) is 0 Å². The van der Waals surface area contributed by atoms with E-state index in [9.17, 15) is 4.79 Å². The van der Waals surface area contributed by atoms with Gasteiger partial charge in [-0.1, -0.05) is 24.3 Å². The van der Waals surface area contributed by atoms with Crippen molar-refractivity contribution in [3.8, 4) is 0 Å². The second-order valence-electron chi connectivity index (χ2n) is 6.13. The first kappa shape index (κ1) is 16.0. The summed E-state index contributed by atoms with van der Waals surface area (Å²) in [5.74, 6) is 0.0394. The van der Waals surface area contributed by atoms with E-state index < -0.39 is 0 Å². The van der Waals surface area contributed by atoms with E-state index in [4.69, 9.17) is 0 Å². The molecule has 3 heteroatoms. The van der Waals surface area contributed by atoms with Gasteiger partial charge in [-0.3, -0.25) is 4.79 Å². The highest BCUT2D eigenvalue weighted by Crippen LogP contribution is 2.43. The van der Waals surface area contributed by atoms with Crippen LogP contribution in [0.5, 0.6) is 0 Å². The molecule has 0 saturated carbocycles. The van der Waals surface area contributed by atoms with Gasteiger partial charge in [0, 0.05) is 13.5 Å². The van der Waals surface area contributed by atoms with Crippen LogP contribution in [0.3, 0.4) is 0 Å². The maximum Gasteiger partial charge on any atom is 0.216 e. The Morgan fingerprint density at radius 1 is 1.24 bits per heavy atom. The third-order valence-electron chi connectivity index (χ3n) is 4.68. The van der Waals surface area contributed by atoms with Crippen LogP contribution in [0.25, 0.3) is 0 Å². The average Bonchev–Trinajstić information content (AvgIpc) is 2.49. The van der Waals surface area contributed by atoms with Crippen LogP contribution in [0.1, 0.15) is 50.7 Å². The highest BCUT2D eigenvalue weighted by molar-refractivity contribution is 5.72. The summed E-state index contributed by atoms with van der Waals surface area (Å²) in [4.78, 5) is 9.93. The van der Waals surface area contributed by atoms with Gasteiger partial charge in [0.15, 0.2) is 0 Å². The number of amides is 1. The SMILES string of the molecule is CCNC(C)=O.c1ccc2c(c1)CCCC21CCNCC1. The molecule has 0 radical (unpaired) electrons. The average molecular weight is 288 g/mol. The van der Waals surface area contributed by atoms with Crippen molar-refractivity contribution in [3.63, 3.8) is 0 Å². The summed E-state index contributed by atoms with van der Waals surface area (Å²) >= 11 is 0. The Balaban J connectivity index is 0.000000232. The van der Waals surface area contributed by atoms with E-state index in [0.29, 0.717) is 5.41 Å². The van der Waals surface area contributed by atoms with Crippen LogP contribution in [-0.4, -0.2) is 25.5 Å². The lowest BCUT2D eigenvalue weighted by atomic mass is 9.65. The van der Waals surface area contributed by atoms with Crippen LogP contribution < -0.4 is 10.6 Å². The number of carbonyl (C=O) groups is 1. The van der Waals surface area contributed by atoms with Crippen molar-refractivity contribution in [2.24, 2.45) is 0 Å². The van der Waals surface area contributed by atoms with Crippen molar-refractivity contribution >= 4 is 5.91 Å². The van der Waals surface area contributed by atoms with Crippen LogP contribution in [-0.2, 0) is 16.6 Å². The second kappa shape index (κ2) is 7.60. The summed E-state index contributed by atoms with van der Waals surface area (Å²) in [5, 5.41) is 6.06. The lowest BCUT2D eigenvalue weighted by Crippen LogP contribution is -2.41. The zero-order valence-electron chi connectivity index (χ0n) is 13.4. The van der Waals surface area contributed by atoms with Gasteiger partial charge in [-0.2, -0.15) is 0 Å². The van der Waals surface area contributed by atoms with Gasteiger partial charge >= 0.3 is 0 Å². The lowest BCUT2D eigenvalue weighted by Gasteiger charge is -2.42. The van der Waals surface area contributed by atoms with Crippen LogP contribution in [0, 0.1) is 0 Å². The zero-order chi connectivity index (χ0) is 15.1. The van der Waals surface area contributed by atoms with Crippen molar-refractivity contribution in [1.82, 2.24) is 10.6 Å². The van der Waals surface area contributed by atoms with Gasteiger partial charge in [-0.05, 0) is 68.7 Å². The largest absolute Gasteiger partial charge is 0.357 e. The maximum atomic E-state index is 9.93. The van der Waals surface area contributed by atoms with E-state index in [1.54, 1.807) is 11.1 Å². The molecule has 1 heterocycles. The predicted molar refractivity (Wildman–Crippen MR) is 87.5 cm³/mol. The fourth-order valence-corrected chi connectivity index (χ4v) is 3.68. The van der Waals surface area contributed by atoms with Crippen molar-refractivity contribution in [1.29, 1.82) is 0 Å². The summed E-state index contributed by atoms with van der Waals surface area (Å²) in [6.45, 7) is 6.53. The summed E-state index contributed by atoms with van der Waals surface area (Å²) in [5.41, 5.74) is 3.81. The van der Waals surface area contributed by atoms with Crippen molar-refractivity contribution < 1.29 is 4.79 Å². The maximum absolute atomic E-state index is 9.93. The summed E-state index contributed by atoms with van der Waals surface area (Å²) < 4.78 is 0. The van der Waals surface area contributed by atoms with Gasteiger partial charge in [0.05, 0.1) is 0 Å². The Kier molecular flexibility index (Phi) is 5.80. The number of aryl methyl sites for hydroxylation is 1. The van der Waals surface area contributed by atoms with E-state index in [2.05, 4.69) is 34.9 Å². The molecule has 0 aromatic heterocycles. The smallest absolute Gasteiger partial charge is 0.216 e. The van der Waals surface area contributed by atoms with Crippen molar-refractivity contribution in [3.05, 3.63) is 35.4 Å². The van der Waals surface area contributed by atoms with Gasteiger partial charge in [0.25, 0.3) is 0 Å². The highest BCUT2D eigenvalue weighted by atomic mass is 16.1. The quantitative estimate of drug-likeness (QED) is 0.834. The first-order chi connectivity index (χ1) is 10.2. The molecule has 0 bridgehead atoms. The molecule has 1 aliphatic carbocycles. The first-order valence-electron chi connectivity index (χ1n) is 8.21. The number of benzene rings is 1. The number of rotatable bonds is 1. The van der Waals surface area contributed by atoms with E-state index >= 15 is 0 Å². The molecule has 1 saturated heterocycles. The molecule has 1 spiro atoms. The van der Waals surface area contributed by atoms with Gasteiger partial charge in [0.2, 0.25) is 5.91 Å². The molecular weight excluding hydrogens is 260 g/mol. The number of carbonyl (C=O) groups excluding carboxylic acids is 1. The van der Waals surface area contributed by atoms with Crippen LogP contribution >= 0.6 is 0 Å². The molecule has 116 valence electrons. The minimum atomic E-state index is 0.0394. The Morgan fingerprint density at radius 3 is 2.57 bits per heavy atom. The number of nitrogens with one attached hydrogen (secondary N) is 2. The van der Waals surface area contributed by atoms with E-state index in [1.165, 1.54) is 52.1 Å². The topological polar surface area (TPSA) is 41.1 Å². The third-order valence-corrected chi connectivity index (χ3v) is 4.68. The fourth-order valence-electron chi connectivity index (χ4n) is 3.68. The lowest BCUT2D eigenvalue weighted by molar-refractivity contribution is -0.118. The number of piperidine rings is 1. The molecule has 2 aliphatic rings. The van der Waals surface area contributed by atoms with Gasteiger partial charge < -0.3 is 10.6 Å². The molecule has 0 unspecified atom stereocenters. The van der Waals surface area contributed by atoms with Crippen LogP contribution in [0.15, 0.2) is 24.3 Å². The van der Waals surface area contributed by atoms with Crippen LogP contribution in [0.4, 0.5) is 0 Å². The Morgan fingerprint density at radius 2 is 1.95 bits per heavy atom. The fraction of sp³-hybridized carbons (Fsp3) is 0.611. The minimum absolute atomic E-state index is 0.0394. The number of hydrogen-bond donors (Lipinski definition) is 2. The molecule has 1 aromatic carbocycles. The summed E-state index contributed by atoms with van der Waals surface area (Å²) in [7, 11) is 0. The predicted octanol–water partition coefficient (Wildman–Crippen LogP) is 2.79. The van der Waals surface area contributed by atoms with Crippen molar-refractivity contribution in [2.75, 3.05) is 19.6 Å². The molecular formula is C18H28N2O. The molecule has 1 amide bonds. The Labute approximate surface area is 128 Å². The molecule has 3 nitrogen and oxygen atoms in total. The zero-order valence-corrected chi connectivity index (χ0v) is 13.4. The molecule has 1 aromatic rings.